The molecule has 1 aromatic heterocycles. The summed E-state index contributed by atoms with van der Waals surface area (Å²) in [4.78, 5) is 6.52. The van der Waals surface area contributed by atoms with Gasteiger partial charge in [0.25, 0.3) is 0 Å². The highest BCUT2D eigenvalue weighted by molar-refractivity contribution is 9.10. The summed E-state index contributed by atoms with van der Waals surface area (Å²) in [5.41, 5.74) is 1.22. The van der Waals surface area contributed by atoms with Crippen molar-refractivity contribution in [2.24, 2.45) is 5.92 Å². The first-order valence-electron chi connectivity index (χ1n) is 7.05. The van der Waals surface area contributed by atoms with E-state index in [1.54, 1.807) is 0 Å². The molecule has 19 heavy (non-hydrogen) atoms. The van der Waals surface area contributed by atoms with E-state index >= 15 is 0 Å². The Morgan fingerprint density at radius 1 is 1.26 bits per heavy atom. The second-order valence-corrected chi connectivity index (χ2v) is 6.17. The van der Waals surface area contributed by atoms with Gasteiger partial charge in [-0.25, -0.2) is 0 Å². The summed E-state index contributed by atoms with van der Waals surface area (Å²) >= 11 is 3.45. The molecule has 0 aliphatic carbocycles. The molecule has 4 heteroatoms. The zero-order valence-corrected chi connectivity index (χ0v) is 14.1. The van der Waals surface area contributed by atoms with Crippen LogP contribution in [-0.4, -0.2) is 36.6 Å². The summed E-state index contributed by atoms with van der Waals surface area (Å²) in [7, 11) is 4.34. The number of halogens is 1. The van der Waals surface area contributed by atoms with Gasteiger partial charge in [-0.15, -0.1) is 0 Å². The van der Waals surface area contributed by atoms with Gasteiger partial charge in [0.05, 0.1) is 0 Å². The van der Waals surface area contributed by atoms with E-state index in [2.05, 4.69) is 65.1 Å². The van der Waals surface area contributed by atoms with E-state index in [-0.39, 0.29) is 0 Å². The lowest BCUT2D eigenvalue weighted by Crippen LogP contribution is -2.42. The van der Waals surface area contributed by atoms with Crippen molar-refractivity contribution in [3.63, 3.8) is 0 Å². The van der Waals surface area contributed by atoms with Crippen LogP contribution in [0.3, 0.4) is 0 Å². The van der Waals surface area contributed by atoms with Crippen molar-refractivity contribution < 1.29 is 0 Å². The Morgan fingerprint density at radius 3 is 2.47 bits per heavy atom. The summed E-state index contributed by atoms with van der Waals surface area (Å²) in [5, 5.41) is 3.56. The second-order valence-electron chi connectivity index (χ2n) is 5.25. The molecular formula is C15H26BrN3. The van der Waals surface area contributed by atoms with Gasteiger partial charge >= 0.3 is 0 Å². The van der Waals surface area contributed by atoms with Crippen LogP contribution in [0.4, 0.5) is 0 Å². The number of rotatable bonds is 8. The normalized spacial score (nSPS) is 13.2. The summed E-state index contributed by atoms with van der Waals surface area (Å²) in [6.07, 6.45) is 6.20. The van der Waals surface area contributed by atoms with Crippen LogP contribution < -0.4 is 5.32 Å². The molecule has 0 aromatic carbocycles. The van der Waals surface area contributed by atoms with Crippen molar-refractivity contribution in [2.45, 2.75) is 39.3 Å². The monoisotopic (exact) mass is 327 g/mol. The molecular weight excluding hydrogens is 302 g/mol. The number of likely N-dealkylation sites (N-methyl/N-ethyl adjacent to an activating group) is 1. The van der Waals surface area contributed by atoms with Gasteiger partial charge < -0.3 is 10.2 Å². The summed E-state index contributed by atoms with van der Waals surface area (Å²) < 4.78 is 1.04. The fourth-order valence-electron chi connectivity index (χ4n) is 2.52. The highest BCUT2D eigenvalue weighted by Gasteiger charge is 2.19. The van der Waals surface area contributed by atoms with E-state index in [1.165, 1.54) is 18.4 Å². The van der Waals surface area contributed by atoms with E-state index in [4.69, 9.17) is 0 Å². The van der Waals surface area contributed by atoms with Gasteiger partial charge in [-0.1, -0.05) is 26.7 Å². The zero-order chi connectivity index (χ0) is 14.3. The van der Waals surface area contributed by atoms with E-state index in [0.717, 1.165) is 23.5 Å². The van der Waals surface area contributed by atoms with Crippen LogP contribution in [0.5, 0.6) is 0 Å². The predicted octanol–water partition coefficient (Wildman–Crippen LogP) is 3.30. The van der Waals surface area contributed by atoms with Crippen LogP contribution in [-0.2, 0) is 6.54 Å². The molecule has 0 spiro atoms. The Bertz CT molecular complexity index is 364. The van der Waals surface area contributed by atoms with Gasteiger partial charge in [0.1, 0.15) is 0 Å². The SMILES string of the molecule is CCC(CC)C(CNCc1cncc(Br)c1)N(C)C. The van der Waals surface area contributed by atoms with Crippen molar-refractivity contribution in [3.8, 4) is 0 Å². The minimum Gasteiger partial charge on any atom is -0.311 e. The van der Waals surface area contributed by atoms with E-state index in [1.807, 2.05) is 12.4 Å². The zero-order valence-electron chi connectivity index (χ0n) is 12.5. The van der Waals surface area contributed by atoms with E-state index in [0.29, 0.717) is 6.04 Å². The third-order valence-electron chi connectivity index (χ3n) is 3.70. The number of aromatic nitrogens is 1. The molecule has 108 valence electrons. The van der Waals surface area contributed by atoms with Crippen LogP contribution >= 0.6 is 15.9 Å². The molecule has 0 fully saturated rings. The molecule has 1 N–H and O–H groups in total. The third kappa shape index (κ3) is 5.59. The fraction of sp³-hybridized carbons (Fsp3) is 0.667. The number of hydrogen-bond acceptors (Lipinski definition) is 3. The maximum Gasteiger partial charge on any atom is 0.0410 e. The van der Waals surface area contributed by atoms with Crippen molar-refractivity contribution >= 4 is 15.9 Å². The standard InChI is InChI=1S/C15H26BrN3/c1-5-13(6-2)15(19(3)4)11-18-9-12-7-14(16)10-17-8-12/h7-8,10,13,15,18H,5-6,9,11H2,1-4H3. The lowest BCUT2D eigenvalue weighted by atomic mass is 9.93. The van der Waals surface area contributed by atoms with Gasteiger partial charge in [-0.05, 0) is 47.6 Å². The van der Waals surface area contributed by atoms with Gasteiger partial charge in [0, 0.05) is 36.0 Å². The molecule has 1 rings (SSSR count). The van der Waals surface area contributed by atoms with Crippen molar-refractivity contribution in [1.82, 2.24) is 15.2 Å². The van der Waals surface area contributed by atoms with Crippen molar-refractivity contribution in [3.05, 3.63) is 28.5 Å². The molecule has 0 bridgehead atoms. The Kier molecular flexibility index (Phi) is 7.57. The maximum atomic E-state index is 4.19. The van der Waals surface area contributed by atoms with Crippen molar-refractivity contribution in [2.75, 3.05) is 20.6 Å². The minimum atomic E-state index is 0.593. The highest BCUT2D eigenvalue weighted by atomic mass is 79.9. The highest BCUT2D eigenvalue weighted by Crippen LogP contribution is 2.16. The van der Waals surface area contributed by atoms with E-state index in [9.17, 15) is 0 Å². The molecule has 0 radical (unpaired) electrons. The quantitative estimate of drug-likeness (QED) is 0.794. The third-order valence-corrected chi connectivity index (χ3v) is 4.13. The first kappa shape index (κ1) is 16.6. The average Bonchev–Trinajstić information content (AvgIpc) is 2.38. The number of hydrogen-bond donors (Lipinski definition) is 1. The second kappa shape index (κ2) is 8.67. The predicted molar refractivity (Wildman–Crippen MR) is 85.2 cm³/mol. The summed E-state index contributed by atoms with van der Waals surface area (Å²) in [6.45, 7) is 6.45. The molecule has 1 aromatic rings. The Morgan fingerprint density at radius 2 is 1.95 bits per heavy atom. The lowest BCUT2D eigenvalue weighted by Gasteiger charge is -2.31. The minimum absolute atomic E-state index is 0.593. The lowest BCUT2D eigenvalue weighted by molar-refractivity contribution is 0.194. The van der Waals surface area contributed by atoms with Gasteiger partial charge in [0.15, 0.2) is 0 Å². The largest absolute Gasteiger partial charge is 0.311 e. The molecule has 1 unspecified atom stereocenters. The summed E-state index contributed by atoms with van der Waals surface area (Å²) in [6, 6.07) is 2.71. The molecule has 1 atom stereocenters. The number of nitrogens with zero attached hydrogens (tertiary/aromatic N) is 2. The maximum absolute atomic E-state index is 4.19. The molecule has 0 amide bonds. The Balaban J connectivity index is 2.48. The first-order valence-corrected chi connectivity index (χ1v) is 7.84. The molecule has 1 heterocycles. The topological polar surface area (TPSA) is 28.2 Å². The smallest absolute Gasteiger partial charge is 0.0410 e. The Labute approximate surface area is 125 Å². The van der Waals surface area contributed by atoms with Crippen LogP contribution in [0.25, 0.3) is 0 Å². The van der Waals surface area contributed by atoms with Crippen LogP contribution in [0, 0.1) is 5.92 Å². The first-order chi connectivity index (χ1) is 9.08. The van der Waals surface area contributed by atoms with Crippen LogP contribution in [0.15, 0.2) is 22.9 Å². The van der Waals surface area contributed by atoms with Crippen molar-refractivity contribution in [1.29, 1.82) is 0 Å². The molecule has 3 nitrogen and oxygen atoms in total. The molecule has 0 saturated heterocycles. The van der Waals surface area contributed by atoms with E-state index < -0.39 is 0 Å². The molecule has 0 aliphatic heterocycles. The van der Waals surface area contributed by atoms with Gasteiger partial charge in [-0.3, -0.25) is 4.98 Å². The molecule has 0 aliphatic rings. The summed E-state index contributed by atoms with van der Waals surface area (Å²) in [5.74, 6) is 0.753. The van der Waals surface area contributed by atoms with Gasteiger partial charge in [0.2, 0.25) is 0 Å². The molecule has 0 saturated carbocycles. The number of pyridine rings is 1. The average molecular weight is 328 g/mol. The van der Waals surface area contributed by atoms with Crippen LogP contribution in [0.1, 0.15) is 32.3 Å². The Hall–Kier alpha value is -0.450. The number of nitrogens with one attached hydrogen (secondary N) is 1. The van der Waals surface area contributed by atoms with Gasteiger partial charge in [-0.2, -0.15) is 0 Å². The fourth-order valence-corrected chi connectivity index (χ4v) is 2.93. The van der Waals surface area contributed by atoms with Crippen LogP contribution in [0.2, 0.25) is 0 Å².